The minimum atomic E-state index is -0.846. The van der Waals surface area contributed by atoms with E-state index in [2.05, 4.69) is 20.8 Å². The molecule has 2 aromatic rings. The van der Waals surface area contributed by atoms with E-state index >= 15 is 0 Å². The number of rotatable bonds is 5. The van der Waals surface area contributed by atoms with E-state index < -0.39 is 12.1 Å². The van der Waals surface area contributed by atoms with Crippen molar-refractivity contribution < 1.29 is 14.6 Å². The topological polar surface area (TPSA) is 99.3 Å². The van der Waals surface area contributed by atoms with Gasteiger partial charge in [0.05, 0.1) is 25.1 Å². The minimum absolute atomic E-state index is 0.0735. The SMILES string of the molecule is COc1ccccc1[C@@H](O)CNC(=O)Nc1cn[nH]c1. The predicted molar refractivity (Wildman–Crippen MR) is 73.6 cm³/mol. The first kappa shape index (κ1) is 13.9. The molecule has 1 aromatic carbocycles. The number of aliphatic hydroxyl groups excluding tert-OH is 1. The van der Waals surface area contributed by atoms with Gasteiger partial charge in [-0.05, 0) is 6.07 Å². The first-order valence-corrected chi connectivity index (χ1v) is 6.05. The Balaban J connectivity index is 1.88. The Labute approximate surface area is 116 Å². The number of benzene rings is 1. The summed E-state index contributed by atoms with van der Waals surface area (Å²) in [4.78, 5) is 11.6. The van der Waals surface area contributed by atoms with E-state index in [0.717, 1.165) is 0 Å². The van der Waals surface area contributed by atoms with Gasteiger partial charge in [-0.2, -0.15) is 5.10 Å². The Hall–Kier alpha value is -2.54. The molecule has 7 heteroatoms. The molecule has 1 heterocycles. The summed E-state index contributed by atoms with van der Waals surface area (Å²) in [5.74, 6) is 0.581. The van der Waals surface area contributed by atoms with Gasteiger partial charge in [0.15, 0.2) is 0 Å². The summed E-state index contributed by atoms with van der Waals surface area (Å²) in [6.07, 6.45) is 2.19. The monoisotopic (exact) mass is 276 g/mol. The Bertz CT molecular complexity index is 557. The predicted octanol–water partition coefficient (Wildman–Crippen LogP) is 1.27. The molecule has 2 amide bonds. The fraction of sp³-hybridized carbons (Fsp3) is 0.231. The van der Waals surface area contributed by atoms with E-state index in [1.54, 1.807) is 24.4 Å². The first-order chi connectivity index (χ1) is 9.70. The largest absolute Gasteiger partial charge is 0.496 e. The van der Waals surface area contributed by atoms with Gasteiger partial charge in [0.2, 0.25) is 0 Å². The highest BCUT2D eigenvalue weighted by Gasteiger charge is 2.13. The molecule has 0 bridgehead atoms. The van der Waals surface area contributed by atoms with Crippen molar-refractivity contribution in [1.29, 1.82) is 0 Å². The summed E-state index contributed by atoms with van der Waals surface area (Å²) in [5.41, 5.74) is 1.17. The highest BCUT2D eigenvalue weighted by atomic mass is 16.5. The molecule has 1 atom stereocenters. The van der Waals surface area contributed by atoms with E-state index in [4.69, 9.17) is 4.74 Å². The van der Waals surface area contributed by atoms with Crippen LogP contribution in [0.5, 0.6) is 5.75 Å². The molecule has 20 heavy (non-hydrogen) atoms. The van der Waals surface area contributed by atoms with Crippen LogP contribution >= 0.6 is 0 Å². The lowest BCUT2D eigenvalue weighted by atomic mass is 10.1. The van der Waals surface area contributed by atoms with Crippen LogP contribution in [0.25, 0.3) is 0 Å². The zero-order chi connectivity index (χ0) is 14.4. The zero-order valence-electron chi connectivity index (χ0n) is 11.0. The number of ether oxygens (including phenoxy) is 1. The van der Waals surface area contributed by atoms with Crippen molar-refractivity contribution in [1.82, 2.24) is 15.5 Å². The number of methoxy groups -OCH3 is 1. The molecule has 0 saturated carbocycles. The smallest absolute Gasteiger partial charge is 0.319 e. The first-order valence-electron chi connectivity index (χ1n) is 6.05. The number of carbonyl (C=O) groups is 1. The van der Waals surface area contributed by atoms with E-state index in [-0.39, 0.29) is 6.54 Å². The second-order valence-electron chi connectivity index (χ2n) is 4.08. The third kappa shape index (κ3) is 3.48. The van der Waals surface area contributed by atoms with Crippen molar-refractivity contribution in [3.63, 3.8) is 0 Å². The molecule has 7 nitrogen and oxygen atoms in total. The van der Waals surface area contributed by atoms with E-state index in [0.29, 0.717) is 17.0 Å². The van der Waals surface area contributed by atoms with Crippen LogP contribution in [0.3, 0.4) is 0 Å². The van der Waals surface area contributed by atoms with Crippen molar-refractivity contribution in [3.8, 4) is 5.75 Å². The Morgan fingerprint density at radius 3 is 3.00 bits per heavy atom. The van der Waals surface area contributed by atoms with Crippen LogP contribution in [0.15, 0.2) is 36.7 Å². The van der Waals surface area contributed by atoms with Crippen LogP contribution < -0.4 is 15.4 Å². The quantitative estimate of drug-likeness (QED) is 0.661. The lowest BCUT2D eigenvalue weighted by Gasteiger charge is -2.15. The van der Waals surface area contributed by atoms with Crippen LogP contribution in [0.2, 0.25) is 0 Å². The van der Waals surface area contributed by atoms with Crippen LogP contribution in [0.4, 0.5) is 10.5 Å². The molecule has 1 aromatic heterocycles. The van der Waals surface area contributed by atoms with Crippen LogP contribution in [0.1, 0.15) is 11.7 Å². The van der Waals surface area contributed by atoms with Gasteiger partial charge in [0, 0.05) is 18.3 Å². The molecule has 0 fully saturated rings. The fourth-order valence-corrected chi connectivity index (χ4v) is 1.74. The third-order valence-electron chi connectivity index (χ3n) is 2.71. The van der Waals surface area contributed by atoms with Gasteiger partial charge in [-0.1, -0.05) is 18.2 Å². The zero-order valence-corrected chi connectivity index (χ0v) is 11.0. The van der Waals surface area contributed by atoms with Crippen molar-refractivity contribution in [2.24, 2.45) is 0 Å². The number of anilines is 1. The van der Waals surface area contributed by atoms with Crippen molar-refractivity contribution in [2.75, 3.05) is 19.0 Å². The maximum absolute atomic E-state index is 11.6. The second kappa shape index (κ2) is 6.58. The summed E-state index contributed by atoms with van der Waals surface area (Å²) < 4.78 is 5.16. The number of hydrogen-bond acceptors (Lipinski definition) is 4. The molecular formula is C13H16N4O3. The Morgan fingerprint density at radius 1 is 1.50 bits per heavy atom. The minimum Gasteiger partial charge on any atom is -0.496 e. The average Bonchev–Trinajstić information content (AvgIpc) is 2.97. The van der Waals surface area contributed by atoms with Crippen LogP contribution in [-0.2, 0) is 0 Å². The normalized spacial score (nSPS) is 11.7. The summed E-state index contributed by atoms with van der Waals surface area (Å²) in [5, 5.41) is 21.5. The molecule has 0 aliphatic heterocycles. The molecule has 4 N–H and O–H groups in total. The molecule has 0 aliphatic carbocycles. The van der Waals surface area contributed by atoms with Crippen molar-refractivity contribution in [2.45, 2.75) is 6.10 Å². The molecule has 0 saturated heterocycles. The van der Waals surface area contributed by atoms with Gasteiger partial charge >= 0.3 is 6.03 Å². The Kier molecular flexibility index (Phi) is 4.56. The maximum Gasteiger partial charge on any atom is 0.319 e. The van der Waals surface area contributed by atoms with Gasteiger partial charge in [-0.25, -0.2) is 4.79 Å². The van der Waals surface area contributed by atoms with Gasteiger partial charge < -0.3 is 20.5 Å². The number of nitrogens with one attached hydrogen (secondary N) is 3. The van der Waals surface area contributed by atoms with Gasteiger partial charge in [0.25, 0.3) is 0 Å². The number of H-pyrrole nitrogens is 1. The standard InChI is InChI=1S/C13H16N4O3/c1-20-12-5-3-2-4-10(12)11(18)8-14-13(19)17-9-6-15-16-7-9/h2-7,11,18H,8H2,1H3,(H,15,16)(H2,14,17,19)/t11-/m0/s1. The van der Waals surface area contributed by atoms with Crippen LogP contribution in [-0.4, -0.2) is 35.0 Å². The summed E-state index contributed by atoms with van der Waals surface area (Å²) in [6.45, 7) is 0.0735. The lowest BCUT2D eigenvalue weighted by Crippen LogP contribution is -2.32. The highest BCUT2D eigenvalue weighted by Crippen LogP contribution is 2.23. The number of aromatic nitrogens is 2. The summed E-state index contributed by atoms with van der Waals surface area (Å²) in [6, 6.07) is 6.70. The lowest BCUT2D eigenvalue weighted by molar-refractivity contribution is 0.171. The number of aliphatic hydroxyl groups is 1. The molecule has 2 rings (SSSR count). The summed E-state index contributed by atoms with van der Waals surface area (Å²) in [7, 11) is 1.53. The molecule has 0 radical (unpaired) electrons. The number of amides is 2. The Morgan fingerprint density at radius 2 is 2.30 bits per heavy atom. The fourth-order valence-electron chi connectivity index (χ4n) is 1.74. The molecule has 106 valence electrons. The third-order valence-corrected chi connectivity index (χ3v) is 2.71. The van der Waals surface area contributed by atoms with Crippen molar-refractivity contribution >= 4 is 11.7 Å². The molecule has 0 aliphatic rings. The number of para-hydroxylation sites is 1. The number of hydrogen-bond donors (Lipinski definition) is 4. The average molecular weight is 276 g/mol. The van der Waals surface area contributed by atoms with Gasteiger partial charge in [-0.15, -0.1) is 0 Å². The number of nitrogens with zero attached hydrogens (tertiary/aromatic N) is 1. The highest BCUT2D eigenvalue weighted by molar-refractivity contribution is 5.88. The van der Waals surface area contributed by atoms with E-state index in [9.17, 15) is 9.90 Å². The second-order valence-corrected chi connectivity index (χ2v) is 4.08. The van der Waals surface area contributed by atoms with E-state index in [1.807, 2.05) is 6.07 Å². The van der Waals surface area contributed by atoms with Crippen LogP contribution in [0, 0.1) is 0 Å². The summed E-state index contributed by atoms with van der Waals surface area (Å²) >= 11 is 0. The van der Waals surface area contributed by atoms with Gasteiger partial charge in [0.1, 0.15) is 5.75 Å². The molecule has 0 spiro atoms. The molecular weight excluding hydrogens is 260 g/mol. The van der Waals surface area contributed by atoms with Crippen molar-refractivity contribution in [3.05, 3.63) is 42.2 Å². The maximum atomic E-state index is 11.6. The number of carbonyl (C=O) groups excluding carboxylic acids is 1. The number of aromatic amines is 1. The van der Waals surface area contributed by atoms with Gasteiger partial charge in [-0.3, -0.25) is 5.10 Å². The number of urea groups is 1. The molecule has 0 unspecified atom stereocenters. The van der Waals surface area contributed by atoms with E-state index in [1.165, 1.54) is 13.3 Å².